The summed E-state index contributed by atoms with van der Waals surface area (Å²) in [5.41, 5.74) is 0.946. The largest absolute Gasteiger partial charge is 0.535 e. The van der Waals surface area contributed by atoms with Crippen LogP contribution in [0.3, 0.4) is 0 Å². The normalized spacial score (nSPS) is 31.0. The molecule has 9 heteroatoms. The first-order valence-electron chi connectivity index (χ1n) is 10.7. The molecule has 7 nitrogen and oxygen atoms in total. The smallest absolute Gasteiger partial charge is 0.411 e. The van der Waals surface area contributed by atoms with Crippen LogP contribution in [-0.4, -0.2) is 60.9 Å². The van der Waals surface area contributed by atoms with Crippen molar-refractivity contribution in [3.63, 3.8) is 0 Å². The van der Waals surface area contributed by atoms with E-state index in [1.54, 1.807) is 19.2 Å². The Balaban J connectivity index is 1.37. The summed E-state index contributed by atoms with van der Waals surface area (Å²) in [6.07, 6.45) is 0.376. The second-order valence-corrected chi connectivity index (χ2v) is 8.92. The summed E-state index contributed by atoms with van der Waals surface area (Å²) < 4.78 is 36.5. The van der Waals surface area contributed by atoms with E-state index in [1.807, 2.05) is 25.1 Å². The van der Waals surface area contributed by atoms with E-state index in [-0.39, 0.29) is 24.1 Å². The molecule has 3 aliphatic heterocycles. The monoisotopic (exact) mass is 432 g/mol. The standard InChI is InChI=1S/C22H26F2N4O3/c1-21-12-15(11-17-18(13-21)31-22(23,24)30-17)25-20(26-21)27(2)19(29)14-6-5-7-16(10-14)28-8-3-4-9-28/h5-7,10,13,15,17H,3-4,8-9,11-12H2,1-2H3,(H,25,26). The zero-order valence-electron chi connectivity index (χ0n) is 17.6. The lowest BCUT2D eigenvalue weighted by molar-refractivity contribution is -0.342. The van der Waals surface area contributed by atoms with Crippen LogP contribution in [0.25, 0.3) is 0 Å². The third-order valence-corrected chi connectivity index (χ3v) is 6.33. The van der Waals surface area contributed by atoms with Crippen molar-refractivity contribution in [1.82, 2.24) is 10.2 Å². The van der Waals surface area contributed by atoms with Crippen molar-refractivity contribution in [3.05, 3.63) is 41.7 Å². The molecule has 5 rings (SSSR count). The van der Waals surface area contributed by atoms with Gasteiger partial charge in [-0.05, 0) is 50.5 Å². The fraction of sp³-hybridized carbons (Fsp3) is 0.545. The van der Waals surface area contributed by atoms with Gasteiger partial charge in [0, 0.05) is 37.8 Å². The Morgan fingerprint density at radius 2 is 2.10 bits per heavy atom. The predicted molar refractivity (Wildman–Crippen MR) is 111 cm³/mol. The Hall–Kier alpha value is -2.68. The van der Waals surface area contributed by atoms with Crippen LogP contribution >= 0.6 is 0 Å². The fourth-order valence-electron chi connectivity index (χ4n) is 4.85. The van der Waals surface area contributed by atoms with Crippen molar-refractivity contribution in [2.24, 2.45) is 4.99 Å². The zero-order valence-corrected chi connectivity index (χ0v) is 17.6. The molecular weight excluding hydrogens is 406 g/mol. The van der Waals surface area contributed by atoms with E-state index in [9.17, 15) is 13.6 Å². The number of anilines is 1. The van der Waals surface area contributed by atoms with Gasteiger partial charge in [0.15, 0.2) is 0 Å². The molecule has 1 amide bonds. The topological polar surface area (TPSA) is 66.4 Å². The first-order chi connectivity index (χ1) is 14.7. The Labute approximate surface area is 179 Å². The van der Waals surface area contributed by atoms with Gasteiger partial charge in [-0.3, -0.25) is 14.4 Å². The number of nitrogens with one attached hydrogen (secondary N) is 1. The maximum Gasteiger partial charge on any atom is 0.535 e. The highest BCUT2D eigenvalue weighted by atomic mass is 19.3. The molecule has 1 N–H and O–H groups in total. The minimum absolute atomic E-state index is 0.117. The summed E-state index contributed by atoms with van der Waals surface area (Å²) >= 11 is 0. The van der Waals surface area contributed by atoms with Gasteiger partial charge in [0.05, 0.1) is 11.6 Å². The van der Waals surface area contributed by atoms with Gasteiger partial charge in [-0.25, -0.2) is 4.99 Å². The van der Waals surface area contributed by atoms with Gasteiger partial charge in [-0.2, -0.15) is 0 Å². The summed E-state index contributed by atoms with van der Waals surface area (Å²) in [7, 11) is 1.67. The van der Waals surface area contributed by atoms with Crippen LogP contribution < -0.4 is 10.2 Å². The molecule has 1 aromatic rings. The van der Waals surface area contributed by atoms with Crippen LogP contribution in [0.2, 0.25) is 0 Å². The summed E-state index contributed by atoms with van der Waals surface area (Å²) in [5, 5.41) is 3.25. The van der Waals surface area contributed by atoms with E-state index in [0.29, 0.717) is 17.9 Å². The number of nitrogens with zero attached hydrogens (tertiary/aromatic N) is 3. The van der Waals surface area contributed by atoms with Crippen molar-refractivity contribution >= 4 is 17.6 Å². The molecule has 3 heterocycles. The van der Waals surface area contributed by atoms with Gasteiger partial charge in [0.2, 0.25) is 5.96 Å². The van der Waals surface area contributed by atoms with Crippen molar-refractivity contribution in [2.75, 3.05) is 25.0 Å². The lowest BCUT2D eigenvalue weighted by Gasteiger charge is -2.37. The Kier molecular flexibility index (Phi) is 4.69. The van der Waals surface area contributed by atoms with Crippen LogP contribution in [0, 0.1) is 0 Å². The minimum Gasteiger partial charge on any atom is -0.411 e. The summed E-state index contributed by atoms with van der Waals surface area (Å²) in [6, 6.07) is 7.36. The molecule has 2 fully saturated rings. The third kappa shape index (κ3) is 3.86. The summed E-state index contributed by atoms with van der Waals surface area (Å²) in [5.74, 6) is 0.353. The molecule has 166 valence electrons. The van der Waals surface area contributed by atoms with E-state index < -0.39 is 17.9 Å². The maximum absolute atomic E-state index is 13.5. The zero-order chi connectivity index (χ0) is 21.8. The molecule has 0 aromatic heterocycles. The first kappa shape index (κ1) is 20.2. The van der Waals surface area contributed by atoms with E-state index in [0.717, 1.165) is 31.6 Å². The van der Waals surface area contributed by atoms with Crippen molar-refractivity contribution in [3.8, 4) is 0 Å². The van der Waals surface area contributed by atoms with Crippen LogP contribution in [0.5, 0.6) is 0 Å². The van der Waals surface area contributed by atoms with Crippen LogP contribution in [-0.2, 0) is 9.47 Å². The third-order valence-electron chi connectivity index (χ3n) is 6.33. The van der Waals surface area contributed by atoms with Gasteiger partial charge >= 0.3 is 6.29 Å². The molecule has 1 aliphatic carbocycles. The van der Waals surface area contributed by atoms with Crippen molar-refractivity contribution < 1.29 is 23.0 Å². The number of benzene rings is 1. The van der Waals surface area contributed by atoms with Crippen LogP contribution in [0.4, 0.5) is 14.5 Å². The SMILES string of the molecule is CN(C(=O)c1cccc(N2CCCC2)c1)C1=NC2CC3OC(F)(F)OC3=CC(C)(C2)N1. The number of rotatable bonds is 2. The van der Waals surface area contributed by atoms with E-state index >= 15 is 0 Å². The first-order valence-corrected chi connectivity index (χ1v) is 10.7. The highest BCUT2D eigenvalue weighted by Crippen LogP contribution is 2.41. The average molecular weight is 432 g/mol. The van der Waals surface area contributed by atoms with E-state index in [2.05, 4.69) is 15.2 Å². The molecule has 31 heavy (non-hydrogen) atoms. The number of fused-ring (bicyclic) bond motifs is 3. The number of halogens is 2. The highest BCUT2D eigenvalue weighted by molar-refractivity contribution is 6.06. The number of alkyl halides is 2. The quantitative estimate of drug-likeness (QED) is 0.778. The number of hydrogen-bond donors (Lipinski definition) is 1. The number of carbonyl (C=O) groups excluding carboxylic acids is 1. The van der Waals surface area contributed by atoms with Gasteiger partial charge in [-0.15, -0.1) is 8.78 Å². The predicted octanol–water partition coefficient (Wildman–Crippen LogP) is 3.09. The van der Waals surface area contributed by atoms with Gasteiger partial charge in [-0.1, -0.05) is 6.07 Å². The van der Waals surface area contributed by atoms with Crippen LogP contribution in [0.15, 0.2) is 41.1 Å². The van der Waals surface area contributed by atoms with Gasteiger partial charge in [0.1, 0.15) is 11.9 Å². The summed E-state index contributed by atoms with van der Waals surface area (Å²) in [4.78, 5) is 21.6. The number of hydrogen-bond acceptors (Lipinski definition) is 6. The average Bonchev–Trinajstić information content (AvgIpc) is 3.32. The van der Waals surface area contributed by atoms with Crippen LogP contribution in [0.1, 0.15) is 43.0 Å². The van der Waals surface area contributed by atoms with Crippen molar-refractivity contribution in [2.45, 2.75) is 56.6 Å². The Morgan fingerprint density at radius 1 is 1.32 bits per heavy atom. The molecule has 4 aliphatic rings. The summed E-state index contributed by atoms with van der Waals surface area (Å²) in [6.45, 7) is 3.89. The molecule has 1 aromatic carbocycles. The highest BCUT2D eigenvalue weighted by Gasteiger charge is 2.51. The number of ether oxygens (including phenoxy) is 2. The minimum atomic E-state index is -3.61. The molecule has 0 spiro atoms. The fourth-order valence-corrected chi connectivity index (χ4v) is 4.85. The Bertz CT molecular complexity index is 960. The molecule has 3 atom stereocenters. The number of aliphatic imine (C=N–C) groups is 1. The molecule has 2 saturated heterocycles. The van der Waals surface area contributed by atoms with E-state index in [4.69, 9.17) is 9.47 Å². The Morgan fingerprint density at radius 3 is 2.87 bits per heavy atom. The lowest BCUT2D eigenvalue weighted by Crippen LogP contribution is -2.56. The number of guanidine groups is 1. The molecule has 2 bridgehead atoms. The van der Waals surface area contributed by atoms with E-state index in [1.165, 1.54) is 4.90 Å². The molecule has 0 saturated carbocycles. The lowest BCUT2D eigenvalue weighted by atomic mass is 9.92. The second-order valence-electron chi connectivity index (χ2n) is 8.92. The maximum atomic E-state index is 13.5. The molecule has 0 radical (unpaired) electrons. The van der Waals surface area contributed by atoms with Gasteiger partial charge < -0.3 is 15.0 Å². The molecule has 3 unspecified atom stereocenters. The van der Waals surface area contributed by atoms with Gasteiger partial charge in [0.25, 0.3) is 5.91 Å². The second kappa shape index (κ2) is 7.19. The van der Waals surface area contributed by atoms with Crippen molar-refractivity contribution in [1.29, 1.82) is 0 Å². The number of carbonyl (C=O) groups is 1. The number of amides is 1. The molecular formula is C22H26F2N4O3.